The summed E-state index contributed by atoms with van der Waals surface area (Å²) in [6.45, 7) is 2.25. The van der Waals surface area contributed by atoms with Crippen LogP contribution in [0.3, 0.4) is 0 Å². The number of anilines is 2. The molecule has 0 spiro atoms. The van der Waals surface area contributed by atoms with Crippen LogP contribution in [0.25, 0.3) is 0 Å². The number of hydrogen-bond acceptors (Lipinski definition) is 8. The summed E-state index contributed by atoms with van der Waals surface area (Å²) in [5, 5.41) is 6.71. The van der Waals surface area contributed by atoms with Crippen molar-refractivity contribution >= 4 is 17.5 Å². The van der Waals surface area contributed by atoms with Crippen LogP contribution in [0.15, 0.2) is 16.8 Å². The van der Waals surface area contributed by atoms with Crippen LogP contribution in [-0.4, -0.2) is 34.7 Å². The Labute approximate surface area is 115 Å². The summed E-state index contributed by atoms with van der Waals surface area (Å²) < 4.78 is 9.63. The van der Waals surface area contributed by atoms with Gasteiger partial charge in [-0.1, -0.05) is 5.16 Å². The summed E-state index contributed by atoms with van der Waals surface area (Å²) in [7, 11) is 1.30. The van der Waals surface area contributed by atoms with Gasteiger partial charge in [0.2, 0.25) is 5.89 Å². The van der Waals surface area contributed by atoms with Crippen molar-refractivity contribution in [2.24, 2.45) is 0 Å². The highest BCUT2D eigenvalue weighted by molar-refractivity contribution is 5.97. The van der Waals surface area contributed by atoms with Gasteiger partial charge in [-0.25, -0.2) is 9.78 Å². The van der Waals surface area contributed by atoms with Gasteiger partial charge >= 0.3 is 5.97 Å². The molecule has 0 amide bonds. The second-order valence-corrected chi connectivity index (χ2v) is 4.02. The van der Waals surface area contributed by atoms with Crippen LogP contribution in [0.4, 0.5) is 11.5 Å². The standard InChI is InChI=1S/C12H15N5O3/c1-7-16-9(20-17-7)4-6-15-11-10(13)8(3-5-14-11)12(18)19-2/h3,5H,4,6,13H2,1-2H3,(H,14,15). The van der Waals surface area contributed by atoms with Crippen molar-refractivity contribution in [1.82, 2.24) is 15.1 Å². The molecule has 2 heterocycles. The van der Waals surface area contributed by atoms with Gasteiger partial charge in [0.1, 0.15) is 5.82 Å². The largest absolute Gasteiger partial charge is 0.465 e. The smallest absolute Gasteiger partial charge is 0.340 e. The molecule has 2 aromatic rings. The lowest BCUT2D eigenvalue weighted by atomic mass is 10.2. The first kappa shape index (κ1) is 13.8. The lowest BCUT2D eigenvalue weighted by Gasteiger charge is -2.09. The van der Waals surface area contributed by atoms with Gasteiger partial charge in [0.05, 0.1) is 18.4 Å². The van der Waals surface area contributed by atoms with Crippen molar-refractivity contribution in [2.75, 3.05) is 24.7 Å². The molecule has 0 fully saturated rings. The summed E-state index contributed by atoms with van der Waals surface area (Å²) in [5.41, 5.74) is 6.39. The number of aromatic nitrogens is 3. The monoisotopic (exact) mass is 277 g/mol. The molecule has 0 aliphatic heterocycles. The zero-order chi connectivity index (χ0) is 14.5. The van der Waals surface area contributed by atoms with Crippen LogP contribution in [0.2, 0.25) is 0 Å². The molecule has 0 unspecified atom stereocenters. The van der Waals surface area contributed by atoms with Gasteiger partial charge in [-0.05, 0) is 13.0 Å². The van der Waals surface area contributed by atoms with E-state index in [0.29, 0.717) is 30.5 Å². The molecule has 0 saturated carbocycles. The van der Waals surface area contributed by atoms with Crippen molar-refractivity contribution < 1.29 is 14.1 Å². The number of aryl methyl sites for hydroxylation is 1. The van der Waals surface area contributed by atoms with Crippen molar-refractivity contribution in [3.05, 3.63) is 29.5 Å². The van der Waals surface area contributed by atoms with Crippen LogP contribution < -0.4 is 11.1 Å². The van der Waals surface area contributed by atoms with E-state index in [0.717, 1.165) is 0 Å². The van der Waals surface area contributed by atoms with E-state index in [-0.39, 0.29) is 11.3 Å². The van der Waals surface area contributed by atoms with Crippen molar-refractivity contribution in [2.45, 2.75) is 13.3 Å². The lowest BCUT2D eigenvalue weighted by molar-refractivity contribution is 0.0602. The van der Waals surface area contributed by atoms with E-state index in [9.17, 15) is 4.79 Å². The number of nitrogens with two attached hydrogens (primary N) is 1. The minimum Gasteiger partial charge on any atom is -0.465 e. The number of methoxy groups -OCH3 is 1. The third-order valence-electron chi connectivity index (χ3n) is 2.60. The molecular weight excluding hydrogens is 262 g/mol. The zero-order valence-corrected chi connectivity index (χ0v) is 11.2. The normalized spacial score (nSPS) is 10.3. The van der Waals surface area contributed by atoms with E-state index in [1.807, 2.05) is 0 Å². The summed E-state index contributed by atoms with van der Waals surface area (Å²) >= 11 is 0. The molecule has 0 radical (unpaired) electrons. The Morgan fingerprint density at radius 1 is 1.55 bits per heavy atom. The first-order valence-electron chi connectivity index (χ1n) is 5.97. The highest BCUT2D eigenvalue weighted by Crippen LogP contribution is 2.20. The Morgan fingerprint density at radius 3 is 3.00 bits per heavy atom. The molecule has 0 bridgehead atoms. The molecule has 0 aliphatic carbocycles. The number of ether oxygens (including phenoxy) is 1. The average molecular weight is 277 g/mol. The Morgan fingerprint density at radius 2 is 2.35 bits per heavy atom. The number of esters is 1. The number of nitrogens with one attached hydrogen (secondary N) is 1. The number of hydrogen-bond donors (Lipinski definition) is 2. The maximum absolute atomic E-state index is 11.5. The Kier molecular flexibility index (Phi) is 4.14. The third kappa shape index (κ3) is 3.02. The fourth-order valence-corrected chi connectivity index (χ4v) is 1.63. The fraction of sp³-hybridized carbons (Fsp3) is 0.333. The first-order chi connectivity index (χ1) is 9.61. The minimum atomic E-state index is -0.500. The van der Waals surface area contributed by atoms with Crippen molar-refractivity contribution in [3.8, 4) is 0 Å². The number of carbonyl (C=O) groups excluding carboxylic acids is 1. The predicted molar refractivity (Wildman–Crippen MR) is 71.2 cm³/mol. The van der Waals surface area contributed by atoms with Gasteiger partial charge in [0.25, 0.3) is 0 Å². The minimum absolute atomic E-state index is 0.251. The Balaban J connectivity index is 2.01. The topological polar surface area (TPSA) is 116 Å². The fourth-order valence-electron chi connectivity index (χ4n) is 1.63. The highest BCUT2D eigenvalue weighted by Gasteiger charge is 2.13. The van der Waals surface area contributed by atoms with Gasteiger partial charge < -0.3 is 20.3 Å². The Hall–Kier alpha value is -2.64. The molecule has 8 heteroatoms. The van der Waals surface area contributed by atoms with Crippen LogP contribution in [0.5, 0.6) is 0 Å². The number of nitrogen functional groups attached to an aromatic ring is 1. The molecule has 0 aromatic carbocycles. The number of carbonyl (C=O) groups is 1. The SMILES string of the molecule is COC(=O)c1ccnc(NCCc2nc(C)no2)c1N. The first-order valence-corrected chi connectivity index (χ1v) is 5.97. The molecular formula is C12H15N5O3. The van der Waals surface area contributed by atoms with Crippen molar-refractivity contribution in [3.63, 3.8) is 0 Å². The predicted octanol–water partition coefficient (Wildman–Crippen LogP) is 0.796. The van der Waals surface area contributed by atoms with Crippen LogP contribution >= 0.6 is 0 Å². The summed E-state index contributed by atoms with van der Waals surface area (Å²) in [6.07, 6.45) is 2.02. The summed E-state index contributed by atoms with van der Waals surface area (Å²) in [6, 6.07) is 1.51. The van der Waals surface area contributed by atoms with E-state index in [2.05, 4.69) is 25.2 Å². The van der Waals surface area contributed by atoms with Gasteiger partial charge in [-0.15, -0.1) is 0 Å². The maximum Gasteiger partial charge on any atom is 0.340 e. The van der Waals surface area contributed by atoms with Crippen molar-refractivity contribution in [1.29, 1.82) is 0 Å². The zero-order valence-electron chi connectivity index (χ0n) is 11.2. The lowest BCUT2D eigenvalue weighted by Crippen LogP contribution is -2.12. The quantitative estimate of drug-likeness (QED) is 0.771. The number of nitrogens with zero attached hydrogens (tertiary/aromatic N) is 3. The summed E-state index contributed by atoms with van der Waals surface area (Å²) in [5.74, 6) is 1.03. The molecule has 2 aromatic heterocycles. The Bertz CT molecular complexity index is 611. The number of pyridine rings is 1. The molecule has 0 aliphatic rings. The van der Waals surface area contributed by atoms with E-state index in [4.69, 9.17) is 10.3 Å². The molecule has 0 atom stereocenters. The van der Waals surface area contributed by atoms with Gasteiger partial charge in [-0.3, -0.25) is 0 Å². The van der Waals surface area contributed by atoms with Gasteiger partial charge in [0.15, 0.2) is 5.82 Å². The van der Waals surface area contributed by atoms with E-state index < -0.39 is 5.97 Å². The summed E-state index contributed by atoms with van der Waals surface area (Å²) in [4.78, 5) is 19.7. The molecule has 0 saturated heterocycles. The highest BCUT2D eigenvalue weighted by atomic mass is 16.5. The molecule has 3 N–H and O–H groups in total. The molecule has 2 rings (SSSR count). The van der Waals surface area contributed by atoms with Gasteiger partial charge in [0, 0.05) is 19.2 Å². The van der Waals surface area contributed by atoms with Crippen LogP contribution in [-0.2, 0) is 11.2 Å². The van der Waals surface area contributed by atoms with E-state index in [1.165, 1.54) is 19.4 Å². The molecule has 20 heavy (non-hydrogen) atoms. The number of rotatable bonds is 5. The van der Waals surface area contributed by atoms with E-state index in [1.54, 1.807) is 6.92 Å². The molecule has 8 nitrogen and oxygen atoms in total. The van der Waals surface area contributed by atoms with E-state index >= 15 is 0 Å². The average Bonchev–Trinajstić information content (AvgIpc) is 2.85. The van der Waals surface area contributed by atoms with Gasteiger partial charge in [-0.2, -0.15) is 4.98 Å². The molecule has 106 valence electrons. The second-order valence-electron chi connectivity index (χ2n) is 4.02. The third-order valence-corrected chi connectivity index (χ3v) is 2.60. The van der Waals surface area contributed by atoms with Crippen LogP contribution in [0.1, 0.15) is 22.1 Å². The maximum atomic E-state index is 11.5. The second kappa shape index (κ2) is 6.00. The van der Waals surface area contributed by atoms with Crippen LogP contribution in [0, 0.1) is 6.92 Å².